The van der Waals surface area contributed by atoms with E-state index in [4.69, 9.17) is 9.84 Å². The molecule has 22 heavy (non-hydrogen) atoms. The fourth-order valence-electron chi connectivity index (χ4n) is 1.80. The molecule has 0 spiro atoms. The molecule has 0 saturated carbocycles. The van der Waals surface area contributed by atoms with Gasteiger partial charge in [-0.1, -0.05) is 29.8 Å². The Morgan fingerprint density at radius 1 is 1.05 bits per heavy atom. The number of carbonyl (C=O) groups excluding carboxylic acids is 1. The number of rotatable bonds is 6. The van der Waals surface area contributed by atoms with Crippen LogP contribution in [0.2, 0.25) is 0 Å². The van der Waals surface area contributed by atoms with Crippen molar-refractivity contribution in [2.24, 2.45) is 0 Å². The maximum atomic E-state index is 11.7. The second kappa shape index (κ2) is 7.26. The number of aryl methyl sites for hydroxylation is 1. The van der Waals surface area contributed by atoms with E-state index in [0.29, 0.717) is 12.3 Å². The van der Waals surface area contributed by atoms with Gasteiger partial charge < -0.3 is 15.2 Å². The van der Waals surface area contributed by atoms with Crippen LogP contribution in [0.15, 0.2) is 48.5 Å². The van der Waals surface area contributed by atoms with Gasteiger partial charge in [-0.15, -0.1) is 0 Å². The van der Waals surface area contributed by atoms with E-state index in [1.54, 1.807) is 12.1 Å². The Balaban J connectivity index is 1.77. The maximum Gasteiger partial charge on any atom is 0.335 e. The standard InChI is InChI=1S/C17H17NO4/c1-12-2-8-15(9-3-12)22-11-16(19)18-10-13-4-6-14(7-5-13)17(20)21/h2-9H,10-11H2,1H3,(H,18,19)(H,20,21). The van der Waals surface area contributed by atoms with Crippen molar-refractivity contribution in [2.75, 3.05) is 6.61 Å². The summed E-state index contributed by atoms with van der Waals surface area (Å²) in [5.41, 5.74) is 2.17. The summed E-state index contributed by atoms with van der Waals surface area (Å²) in [5, 5.41) is 11.5. The van der Waals surface area contributed by atoms with Crippen molar-refractivity contribution < 1.29 is 19.4 Å². The largest absolute Gasteiger partial charge is 0.484 e. The molecular weight excluding hydrogens is 282 g/mol. The van der Waals surface area contributed by atoms with Crippen molar-refractivity contribution in [3.8, 4) is 5.75 Å². The summed E-state index contributed by atoms with van der Waals surface area (Å²) in [4.78, 5) is 22.4. The monoisotopic (exact) mass is 299 g/mol. The number of ether oxygens (including phenoxy) is 1. The van der Waals surface area contributed by atoms with E-state index in [9.17, 15) is 9.59 Å². The van der Waals surface area contributed by atoms with Gasteiger partial charge in [-0.2, -0.15) is 0 Å². The summed E-state index contributed by atoms with van der Waals surface area (Å²) in [5.74, 6) is -0.559. The number of nitrogens with one attached hydrogen (secondary N) is 1. The lowest BCUT2D eigenvalue weighted by Crippen LogP contribution is -2.28. The van der Waals surface area contributed by atoms with Gasteiger partial charge in [0.2, 0.25) is 0 Å². The summed E-state index contributed by atoms with van der Waals surface area (Å²) < 4.78 is 5.37. The van der Waals surface area contributed by atoms with E-state index in [1.807, 2.05) is 31.2 Å². The normalized spacial score (nSPS) is 10.0. The molecule has 1 amide bonds. The Hall–Kier alpha value is -2.82. The van der Waals surface area contributed by atoms with Crippen LogP contribution >= 0.6 is 0 Å². The summed E-state index contributed by atoms with van der Waals surface area (Å²) in [6, 6.07) is 13.8. The second-order valence-corrected chi connectivity index (χ2v) is 4.88. The molecule has 2 rings (SSSR count). The molecule has 0 aromatic heterocycles. The van der Waals surface area contributed by atoms with Gasteiger partial charge in [0.05, 0.1) is 5.56 Å². The fourth-order valence-corrected chi connectivity index (χ4v) is 1.80. The topological polar surface area (TPSA) is 75.6 Å². The number of carboxylic acids is 1. The van der Waals surface area contributed by atoms with E-state index in [2.05, 4.69) is 5.32 Å². The van der Waals surface area contributed by atoms with Crippen molar-refractivity contribution in [3.63, 3.8) is 0 Å². The first-order valence-electron chi connectivity index (χ1n) is 6.83. The predicted molar refractivity (Wildman–Crippen MR) is 81.9 cm³/mol. The molecule has 2 aromatic rings. The third-order valence-corrected chi connectivity index (χ3v) is 3.08. The highest BCUT2D eigenvalue weighted by molar-refractivity contribution is 5.87. The maximum absolute atomic E-state index is 11.7. The van der Waals surface area contributed by atoms with Crippen LogP contribution in [-0.2, 0) is 11.3 Å². The first-order chi connectivity index (χ1) is 10.5. The molecule has 0 radical (unpaired) electrons. The Labute approximate surface area is 128 Å². The SMILES string of the molecule is Cc1ccc(OCC(=O)NCc2ccc(C(=O)O)cc2)cc1. The fraction of sp³-hybridized carbons (Fsp3) is 0.176. The van der Waals surface area contributed by atoms with Gasteiger partial charge in [0, 0.05) is 6.54 Å². The number of hydrogen-bond donors (Lipinski definition) is 2. The minimum atomic E-state index is -0.970. The molecule has 0 fully saturated rings. The molecule has 2 aromatic carbocycles. The van der Waals surface area contributed by atoms with Gasteiger partial charge in [-0.25, -0.2) is 4.79 Å². The lowest BCUT2D eigenvalue weighted by atomic mass is 10.1. The number of hydrogen-bond acceptors (Lipinski definition) is 3. The van der Waals surface area contributed by atoms with Crippen LogP contribution in [0, 0.1) is 6.92 Å². The molecule has 0 aliphatic rings. The van der Waals surface area contributed by atoms with E-state index in [0.717, 1.165) is 11.1 Å². The average molecular weight is 299 g/mol. The minimum Gasteiger partial charge on any atom is -0.484 e. The Morgan fingerprint density at radius 3 is 2.27 bits per heavy atom. The smallest absolute Gasteiger partial charge is 0.335 e. The van der Waals surface area contributed by atoms with Gasteiger partial charge in [0.15, 0.2) is 6.61 Å². The zero-order valence-corrected chi connectivity index (χ0v) is 12.2. The van der Waals surface area contributed by atoms with Crippen LogP contribution in [0.4, 0.5) is 0 Å². The first-order valence-corrected chi connectivity index (χ1v) is 6.83. The van der Waals surface area contributed by atoms with Crippen molar-refractivity contribution in [2.45, 2.75) is 13.5 Å². The van der Waals surface area contributed by atoms with Gasteiger partial charge in [0.1, 0.15) is 5.75 Å². The number of carboxylic acid groups (broad SMARTS) is 1. The van der Waals surface area contributed by atoms with Crippen LogP contribution in [0.25, 0.3) is 0 Å². The average Bonchev–Trinajstić information content (AvgIpc) is 2.52. The van der Waals surface area contributed by atoms with Crippen LogP contribution in [0.1, 0.15) is 21.5 Å². The van der Waals surface area contributed by atoms with Gasteiger partial charge >= 0.3 is 5.97 Å². The van der Waals surface area contributed by atoms with Gasteiger partial charge in [0.25, 0.3) is 5.91 Å². The molecule has 0 unspecified atom stereocenters. The number of amides is 1. The molecule has 2 N–H and O–H groups in total. The highest BCUT2D eigenvalue weighted by Gasteiger charge is 2.04. The van der Waals surface area contributed by atoms with E-state index in [-0.39, 0.29) is 18.1 Å². The Kier molecular flexibility index (Phi) is 5.14. The predicted octanol–water partition coefficient (Wildman–Crippen LogP) is 2.39. The zero-order valence-electron chi connectivity index (χ0n) is 12.2. The summed E-state index contributed by atoms with van der Waals surface area (Å²) in [6.45, 7) is 2.25. The van der Waals surface area contributed by atoms with Gasteiger partial charge in [-0.05, 0) is 36.8 Å². The highest BCUT2D eigenvalue weighted by atomic mass is 16.5. The molecule has 0 aliphatic heterocycles. The quantitative estimate of drug-likeness (QED) is 0.858. The summed E-state index contributed by atoms with van der Waals surface area (Å²) in [6.07, 6.45) is 0. The van der Waals surface area contributed by atoms with Crippen LogP contribution in [-0.4, -0.2) is 23.6 Å². The van der Waals surface area contributed by atoms with Crippen LogP contribution in [0.3, 0.4) is 0 Å². The van der Waals surface area contributed by atoms with Crippen LogP contribution < -0.4 is 10.1 Å². The third-order valence-electron chi connectivity index (χ3n) is 3.08. The zero-order chi connectivity index (χ0) is 15.9. The Morgan fingerprint density at radius 2 is 1.68 bits per heavy atom. The summed E-state index contributed by atoms with van der Waals surface area (Å²) in [7, 11) is 0. The molecule has 5 heteroatoms. The summed E-state index contributed by atoms with van der Waals surface area (Å²) >= 11 is 0. The van der Waals surface area contributed by atoms with Crippen molar-refractivity contribution in [3.05, 3.63) is 65.2 Å². The molecule has 114 valence electrons. The second-order valence-electron chi connectivity index (χ2n) is 4.88. The Bertz CT molecular complexity index is 647. The third kappa shape index (κ3) is 4.63. The molecular formula is C17H17NO4. The van der Waals surface area contributed by atoms with Crippen molar-refractivity contribution >= 4 is 11.9 Å². The van der Waals surface area contributed by atoms with Crippen molar-refractivity contribution in [1.82, 2.24) is 5.32 Å². The lowest BCUT2D eigenvalue weighted by Gasteiger charge is -2.08. The number of carbonyl (C=O) groups is 2. The molecule has 5 nitrogen and oxygen atoms in total. The first kappa shape index (κ1) is 15.6. The van der Waals surface area contributed by atoms with Gasteiger partial charge in [-0.3, -0.25) is 4.79 Å². The van der Waals surface area contributed by atoms with Crippen LogP contribution in [0.5, 0.6) is 5.75 Å². The number of benzene rings is 2. The molecule has 0 saturated heterocycles. The molecule has 0 heterocycles. The van der Waals surface area contributed by atoms with E-state index >= 15 is 0 Å². The molecule has 0 bridgehead atoms. The molecule has 0 atom stereocenters. The highest BCUT2D eigenvalue weighted by Crippen LogP contribution is 2.11. The lowest BCUT2D eigenvalue weighted by molar-refractivity contribution is -0.123. The number of aromatic carboxylic acids is 1. The van der Waals surface area contributed by atoms with E-state index < -0.39 is 5.97 Å². The van der Waals surface area contributed by atoms with E-state index in [1.165, 1.54) is 12.1 Å². The van der Waals surface area contributed by atoms with Crippen molar-refractivity contribution in [1.29, 1.82) is 0 Å². The molecule has 0 aliphatic carbocycles. The minimum absolute atomic E-state index is 0.0593.